The van der Waals surface area contributed by atoms with E-state index in [-0.39, 0.29) is 53.7 Å². The second kappa shape index (κ2) is 10.7. The summed E-state index contributed by atoms with van der Waals surface area (Å²) < 4.78 is 33.6. The predicted molar refractivity (Wildman–Crippen MR) is 168 cm³/mol. The van der Waals surface area contributed by atoms with E-state index in [0.29, 0.717) is 41.9 Å². The number of fused-ring (bicyclic) bond motifs is 5. The molecule has 0 saturated heterocycles. The van der Waals surface area contributed by atoms with Crippen molar-refractivity contribution in [3.63, 3.8) is 0 Å². The molecule has 12 heteroatoms. The van der Waals surface area contributed by atoms with Crippen LogP contribution in [0.4, 0.5) is 9.18 Å². The van der Waals surface area contributed by atoms with Gasteiger partial charge in [-0.05, 0) is 67.1 Å². The smallest absolute Gasteiger partial charge is 0.407 e. The third kappa shape index (κ3) is 4.88. The first-order valence-electron chi connectivity index (χ1n) is 15.5. The largest absolute Gasteiger partial charge is 0.458 e. The number of pyridine rings is 2. The van der Waals surface area contributed by atoms with Crippen LogP contribution in [0.15, 0.2) is 16.9 Å². The summed E-state index contributed by atoms with van der Waals surface area (Å²) in [6.45, 7) is 14.4. The topological polar surface area (TPSA) is 129 Å². The van der Waals surface area contributed by atoms with Crippen molar-refractivity contribution in [2.24, 2.45) is 0 Å². The Labute approximate surface area is 262 Å². The number of cyclic esters (lactones) is 1. The summed E-state index contributed by atoms with van der Waals surface area (Å²) in [7, 11) is -1.99. The molecule has 0 radical (unpaired) electrons. The minimum absolute atomic E-state index is 0.0217. The minimum Gasteiger partial charge on any atom is -0.458 e. The molecule has 240 valence electrons. The number of aryl methyl sites for hydroxylation is 1. The molecule has 2 atom stereocenters. The van der Waals surface area contributed by atoms with Crippen LogP contribution in [0.2, 0.25) is 18.1 Å². The average molecular weight is 638 g/mol. The van der Waals surface area contributed by atoms with Crippen LogP contribution >= 0.6 is 0 Å². The molecule has 2 N–H and O–H groups in total. The predicted octanol–water partition coefficient (Wildman–Crippen LogP) is 5.26. The van der Waals surface area contributed by atoms with E-state index in [0.717, 1.165) is 22.1 Å². The number of alkyl carbamates (subject to hydrolysis) is 1. The average Bonchev–Trinajstić information content (AvgIpc) is 3.34. The standard InChI is InChI=1S/C33H40FN3O7Si/c1-8-33(41)21-13-25-28-19(15-37(25)29(38)20(21)16-43-30(33)39)27-23(10-9-18-17(2)22(34)14-24(35-28)26(18)27)36-31(40)42-11-12-44-45(6,7)32(3,4)5/h13-14,23,41H,8-12,15-16H2,1-7H3,(H,36,40)/t23-,33-/m0/s1. The lowest BCUT2D eigenvalue weighted by Gasteiger charge is -2.36. The van der Waals surface area contributed by atoms with Gasteiger partial charge >= 0.3 is 12.1 Å². The highest BCUT2D eigenvalue weighted by molar-refractivity contribution is 6.74. The third-order valence-electron chi connectivity index (χ3n) is 10.3. The molecular weight excluding hydrogens is 597 g/mol. The molecule has 1 amide bonds. The first-order valence-corrected chi connectivity index (χ1v) is 18.4. The maximum atomic E-state index is 15.1. The molecule has 1 aliphatic carbocycles. The first kappa shape index (κ1) is 31.4. The number of aromatic nitrogens is 2. The second-order valence-corrected chi connectivity index (χ2v) is 18.6. The Hall–Kier alpha value is -3.61. The molecule has 6 rings (SSSR count). The molecule has 2 aromatic heterocycles. The maximum Gasteiger partial charge on any atom is 0.407 e. The number of hydrogen-bond acceptors (Lipinski definition) is 8. The van der Waals surface area contributed by atoms with E-state index < -0.39 is 32.0 Å². The summed E-state index contributed by atoms with van der Waals surface area (Å²) in [4.78, 5) is 44.3. The highest BCUT2D eigenvalue weighted by Crippen LogP contribution is 2.46. The van der Waals surface area contributed by atoms with Gasteiger partial charge in [-0.2, -0.15) is 0 Å². The Morgan fingerprint density at radius 3 is 2.64 bits per heavy atom. The molecule has 3 aromatic rings. The lowest BCUT2D eigenvalue weighted by molar-refractivity contribution is -0.172. The molecule has 0 fully saturated rings. The summed E-state index contributed by atoms with van der Waals surface area (Å²) in [6.07, 6.45) is 0.454. The monoisotopic (exact) mass is 637 g/mol. The number of ether oxygens (including phenoxy) is 2. The third-order valence-corrected chi connectivity index (χ3v) is 14.8. The molecule has 4 heterocycles. The number of nitrogens with zero attached hydrogens (tertiary/aromatic N) is 2. The lowest BCUT2D eigenvalue weighted by Crippen LogP contribution is -2.44. The molecular formula is C33H40FN3O7Si. The van der Waals surface area contributed by atoms with Crippen molar-refractivity contribution < 1.29 is 33.0 Å². The Morgan fingerprint density at radius 2 is 1.96 bits per heavy atom. The molecule has 3 aliphatic rings. The van der Waals surface area contributed by atoms with Gasteiger partial charge in [0.25, 0.3) is 5.56 Å². The molecule has 2 aliphatic heterocycles. The quantitative estimate of drug-likeness (QED) is 0.166. The van der Waals surface area contributed by atoms with Gasteiger partial charge in [-0.1, -0.05) is 27.7 Å². The van der Waals surface area contributed by atoms with Gasteiger partial charge in [-0.3, -0.25) is 4.79 Å². The summed E-state index contributed by atoms with van der Waals surface area (Å²) in [5.41, 5.74) is 2.21. The van der Waals surface area contributed by atoms with Crippen LogP contribution in [0.5, 0.6) is 0 Å². The van der Waals surface area contributed by atoms with Gasteiger partial charge in [0.05, 0.1) is 41.7 Å². The molecule has 45 heavy (non-hydrogen) atoms. The van der Waals surface area contributed by atoms with E-state index in [1.165, 1.54) is 6.07 Å². The van der Waals surface area contributed by atoms with Gasteiger partial charge < -0.3 is 28.9 Å². The number of rotatable bonds is 6. The van der Waals surface area contributed by atoms with Crippen molar-refractivity contribution in [3.05, 3.63) is 61.7 Å². The van der Waals surface area contributed by atoms with Crippen LogP contribution < -0.4 is 10.9 Å². The Balaban J connectivity index is 1.39. The summed E-state index contributed by atoms with van der Waals surface area (Å²) >= 11 is 0. The first-order chi connectivity index (χ1) is 21.1. The van der Waals surface area contributed by atoms with Crippen molar-refractivity contribution in [2.45, 2.75) is 96.8 Å². The molecule has 1 aromatic carbocycles. The number of benzene rings is 1. The molecule has 0 unspecified atom stereocenters. The number of esters is 1. The van der Waals surface area contributed by atoms with Gasteiger partial charge in [0.1, 0.15) is 19.0 Å². The van der Waals surface area contributed by atoms with Crippen molar-refractivity contribution in [2.75, 3.05) is 13.2 Å². The number of aliphatic hydroxyl groups is 1. The van der Waals surface area contributed by atoms with Crippen LogP contribution in [0.3, 0.4) is 0 Å². The number of carbonyl (C=O) groups excluding carboxylic acids is 2. The van der Waals surface area contributed by atoms with E-state index in [1.54, 1.807) is 24.5 Å². The van der Waals surface area contributed by atoms with Crippen molar-refractivity contribution in [1.29, 1.82) is 0 Å². The van der Waals surface area contributed by atoms with E-state index in [1.807, 2.05) is 0 Å². The van der Waals surface area contributed by atoms with Crippen LogP contribution in [-0.4, -0.2) is 48.3 Å². The van der Waals surface area contributed by atoms with Crippen molar-refractivity contribution in [3.8, 4) is 11.4 Å². The number of hydrogen-bond donors (Lipinski definition) is 2. The van der Waals surface area contributed by atoms with Crippen LogP contribution in [-0.2, 0) is 43.9 Å². The number of amides is 1. The van der Waals surface area contributed by atoms with Crippen LogP contribution in [0.1, 0.15) is 80.0 Å². The summed E-state index contributed by atoms with van der Waals surface area (Å²) in [6, 6.07) is 2.54. The number of nitrogens with one attached hydrogen (secondary N) is 1. The summed E-state index contributed by atoms with van der Waals surface area (Å²) in [5, 5.41) is 15.1. The van der Waals surface area contributed by atoms with Gasteiger partial charge in [0.2, 0.25) is 0 Å². The SMILES string of the molecule is CC[C@@]1(O)C(=O)OCc2c1cc1n(c2=O)Cc2c-1nc1cc(F)c(C)c3c1c2[C@@H](NC(=O)OCCO[Si](C)(C)C(C)(C)C)CC3. The fourth-order valence-corrected chi connectivity index (χ4v) is 7.56. The highest BCUT2D eigenvalue weighted by Gasteiger charge is 2.46. The minimum atomic E-state index is -1.99. The highest BCUT2D eigenvalue weighted by atomic mass is 28.4. The van der Waals surface area contributed by atoms with Crippen molar-refractivity contribution >= 4 is 31.3 Å². The van der Waals surface area contributed by atoms with Gasteiger partial charge in [0.15, 0.2) is 13.9 Å². The fraction of sp³-hybridized carbons (Fsp3) is 0.515. The Bertz CT molecular complexity index is 1830. The zero-order valence-corrected chi connectivity index (χ0v) is 27.9. The Morgan fingerprint density at radius 1 is 1.22 bits per heavy atom. The Kier molecular flexibility index (Phi) is 7.49. The van der Waals surface area contributed by atoms with E-state index in [9.17, 15) is 19.5 Å². The number of carbonyl (C=O) groups is 2. The van der Waals surface area contributed by atoms with E-state index >= 15 is 4.39 Å². The molecule has 10 nitrogen and oxygen atoms in total. The molecule has 0 spiro atoms. The van der Waals surface area contributed by atoms with Gasteiger partial charge in [-0.15, -0.1) is 0 Å². The number of halogens is 1. The normalized spacial score (nSPS) is 20.4. The zero-order valence-electron chi connectivity index (χ0n) is 26.9. The van der Waals surface area contributed by atoms with E-state index in [4.69, 9.17) is 18.9 Å². The second-order valence-electron chi connectivity index (χ2n) is 13.8. The lowest BCUT2D eigenvalue weighted by atomic mass is 9.81. The van der Waals surface area contributed by atoms with Crippen molar-refractivity contribution in [1.82, 2.24) is 14.9 Å². The zero-order chi connectivity index (χ0) is 32.6. The summed E-state index contributed by atoms with van der Waals surface area (Å²) in [5.74, 6) is -1.19. The van der Waals surface area contributed by atoms with Gasteiger partial charge in [-0.25, -0.2) is 19.0 Å². The van der Waals surface area contributed by atoms with Gasteiger partial charge in [0, 0.05) is 22.6 Å². The van der Waals surface area contributed by atoms with Crippen LogP contribution in [0, 0.1) is 12.7 Å². The van der Waals surface area contributed by atoms with E-state index in [2.05, 4.69) is 39.2 Å². The fourth-order valence-electron chi connectivity index (χ4n) is 6.53. The maximum absolute atomic E-state index is 15.1. The molecule has 0 saturated carbocycles. The van der Waals surface area contributed by atoms with Crippen LogP contribution in [0.25, 0.3) is 22.3 Å². The molecule has 0 bridgehead atoms.